The summed E-state index contributed by atoms with van der Waals surface area (Å²) >= 11 is 0. The lowest BCUT2D eigenvalue weighted by Crippen LogP contribution is -2.37. The van der Waals surface area contributed by atoms with E-state index in [1.807, 2.05) is 18.7 Å². The fraction of sp³-hybridized carbons (Fsp3) is 0.818. The van der Waals surface area contributed by atoms with Crippen molar-refractivity contribution >= 4 is 11.9 Å². The van der Waals surface area contributed by atoms with Gasteiger partial charge in [-0.15, -0.1) is 0 Å². The summed E-state index contributed by atoms with van der Waals surface area (Å²) in [6, 6.07) is -0.765. The van der Waals surface area contributed by atoms with Crippen LogP contribution in [0.15, 0.2) is 4.99 Å². The minimum atomic E-state index is -0.948. The summed E-state index contributed by atoms with van der Waals surface area (Å²) in [4.78, 5) is 16.7. The zero-order valence-electron chi connectivity index (χ0n) is 10.7. The molecule has 1 atom stereocenters. The Bertz CT molecular complexity index is 252. The second-order valence-electron chi connectivity index (χ2n) is 3.85. The molecule has 5 N–H and O–H groups in total. The maximum atomic E-state index is 10.5. The number of carbonyl (C=O) groups is 1. The molecule has 0 heterocycles. The number of hydrogen-bond donors (Lipinski definition) is 3. The van der Waals surface area contributed by atoms with Gasteiger partial charge in [0.05, 0.1) is 0 Å². The van der Waals surface area contributed by atoms with Crippen molar-refractivity contribution < 1.29 is 9.90 Å². The standard InChI is InChI=1S/C11H24N4O2/c1-3-15(4-2)11(13)14-8-6-5-7-9(12)10(16)17/h9H,3-8,12H2,1-2H3,(H2,13,14)(H,16,17)/t9-/m0/s1. The highest BCUT2D eigenvalue weighted by atomic mass is 16.4. The highest BCUT2D eigenvalue weighted by molar-refractivity contribution is 5.77. The average molecular weight is 244 g/mol. The first-order valence-corrected chi connectivity index (χ1v) is 6.06. The Balaban J connectivity index is 3.76. The molecule has 0 rings (SSSR count). The molecule has 0 aliphatic carbocycles. The van der Waals surface area contributed by atoms with Gasteiger partial charge >= 0.3 is 5.97 Å². The van der Waals surface area contributed by atoms with Crippen molar-refractivity contribution in [2.24, 2.45) is 16.5 Å². The second kappa shape index (κ2) is 8.81. The molecule has 0 radical (unpaired) electrons. The van der Waals surface area contributed by atoms with Crippen LogP contribution in [0.25, 0.3) is 0 Å². The molecule has 6 heteroatoms. The summed E-state index contributed by atoms with van der Waals surface area (Å²) in [6.45, 7) is 6.36. The van der Waals surface area contributed by atoms with E-state index in [-0.39, 0.29) is 0 Å². The van der Waals surface area contributed by atoms with Gasteiger partial charge in [0.25, 0.3) is 0 Å². The minimum Gasteiger partial charge on any atom is -0.480 e. The molecule has 0 bridgehead atoms. The van der Waals surface area contributed by atoms with E-state index in [1.54, 1.807) is 0 Å². The third-order valence-corrected chi connectivity index (χ3v) is 2.60. The Morgan fingerprint density at radius 2 is 1.94 bits per heavy atom. The predicted molar refractivity (Wildman–Crippen MR) is 68.9 cm³/mol. The van der Waals surface area contributed by atoms with Crippen LogP contribution >= 0.6 is 0 Å². The molecule has 0 aromatic carbocycles. The first-order valence-electron chi connectivity index (χ1n) is 6.06. The van der Waals surface area contributed by atoms with E-state index in [2.05, 4.69) is 4.99 Å². The van der Waals surface area contributed by atoms with Crippen molar-refractivity contribution in [1.82, 2.24) is 4.90 Å². The zero-order chi connectivity index (χ0) is 13.3. The van der Waals surface area contributed by atoms with E-state index in [0.717, 1.165) is 25.9 Å². The van der Waals surface area contributed by atoms with Crippen molar-refractivity contribution in [2.75, 3.05) is 19.6 Å². The Morgan fingerprint density at radius 3 is 2.41 bits per heavy atom. The monoisotopic (exact) mass is 244 g/mol. The van der Waals surface area contributed by atoms with Gasteiger partial charge in [0, 0.05) is 19.6 Å². The lowest BCUT2D eigenvalue weighted by molar-refractivity contribution is -0.138. The molecular weight excluding hydrogens is 220 g/mol. The van der Waals surface area contributed by atoms with Crippen LogP contribution in [0, 0.1) is 0 Å². The smallest absolute Gasteiger partial charge is 0.320 e. The van der Waals surface area contributed by atoms with Gasteiger partial charge in [0.2, 0.25) is 0 Å². The topological polar surface area (TPSA) is 105 Å². The number of nitrogens with zero attached hydrogens (tertiary/aromatic N) is 2. The van der Waals surface area contributed by atoms with Gasteiger partial charge in [0.15, 0.2) is 5.96 Å². The number of aliphatic carboxylic acids is 1. The summed E-state index contributed by atoms with van der Waals surface area (Å²) in [6.07, 6.45) is 2.04. The molecule has 0 saturated carbocycles. The lowest BCUT2D eigenvalue weighted by Gasteiger charge is -2.19. The molecule has 0 amide bonds. The summed E-state index contributed by atoms with van der Waals surface area (Å²) in [5, 5.41) is 8.58. The largest absolute Gasteiger partial charge is 0.480 e. The molecule has 100 valence electrons. The van der Waals surface area contributed by atoms with E-state index in [0.29, 0.717) is 18.9 Å². The Hall–Kier alpha value is -1.30. The maximum Gasteiger partial charge on any atom is 0.320 e. The van der Waals surface area contributed by atoms with E-state index in [1.165, 1.54) is 0 Å². The van der Waals surface area contributed by atoms with Gasteiger partial charge in [-0.3, -0.25) is 9.79 Å². The fourth-order valence-electron chi connectivity index (χ4n) is 1.44. The molecule has 0 spiro atoms. The van der Waals surface area contributed by atoms with Crippen LogP contribution in [0.5, 0.6) is 0 Å². The number of hydrogen-bond acceptors (Lipinski definition) is 3. The first-order chi connectivity index (χ1) is 8.02. The van der Waals surface area contributed by atoms with Gasteiger partial charge in [0.1, 0.15) is 6.04 Å². The highest BCUT2D eigenvalue weighted by Gasteiger charge is 2.09. The van der Waals surface area contributed by atoms with Crippen molar-refractivity contribution in [2.45, 2.75) is 39.2 Å². The quantitative estimate of drug-likeness (QED) is 0.322. The van der Waals surface area contributed by atoms with E-state index in [4.69, 9.17) is 16.6 Å². The van der Waals surface area contributed by atoms with Gasteiger partial charge < -0.3 is 21.5 Å². The fourth-order valence-corrected chi connectivity index (χ4v) is 1.44. The van der Waals surface area contributed by atoms with Crippen LogP contribution in [0.3, 0.4) is 0 Å². The number of nitrogens with two attached hydrogens (primary N) is 2. The molecule has 0 aliphatic rings. The predicted octanol–water partition coefficient (Wildman–Crippen LogP) is 0.225. The van der Waals surface area contributed by atoms with Crippen LogP contribution in [0.1, 0.15) is 33.1 Å². The Morgan fingerprint density at radius 1 is 1.35 bits per heavy atom. The minimum absolute atomic E-state index is 0.482. The summed E-state index contributed by atoms with van der Waals surface area (Å²) in [5.74, 6) is -0.395. The Labute approximate surface area is 103 Å². The van der Waals surface area contributed by atoms with E-state index in [9.17, 15) is 4.79 Å². The van der Waals surface area contributed by atoms with Crippen molar-refractivity contribution in [3.05, 3.63) is 0 Å². The molecule has 0 aromatic heterocycles. The van der Waals surface area contributed by atoms with Crippen LogP contribution in [0.2, 0.25) is 0 Å². The zero-order valence-corrected chi connectivity index (χ0v) is 10.7. The molecule has 17 heavy (non-hydrogen) atoms. The maximum absolute atomic E-state index is 10.5. The number of carboxylic acids is 1. The number of guanidine groups is 1. The Kier molecular flexibility index (Phi) is 8.13. The third-order valence-electron chi connectivity index (χ3n) is 2.60. The first kappa shape index (κ1) is 15.7. The molecular formula is C11H24N4O2. The lowest BCUT2D eigenvalue weighted by atomic mass is 10.1. The molecule has 0 fully saturated rings. The summed E-state index contributed by atoms with van der Waals surface area (Å²) < 4.78 is 0. The normalized spacial score (nSPS) is 13.5. The van der Waals surface area contributed by atoms with E-state index >= 15 is 0 Å². The molecule has 0 saturated heterocycles. The van der Waals surface area contributed by atoms with Crippen molar-refractivity contribution in [1.29, 1.82) is 0 Å². The average Bonchev–Trinajstić information content (AvgIpc) is 2.29. The van der Waals surface area contributed by atoms with Crippen LogP contribution in [-0.4, -0.2) is 47.6 Å². The number of carboxylic acid groups (broad SMARTS) is 1. The van der Waals surface area contributed by atoms with Gasteiger partial charge in [-0.1, -0.05) is 0 Å². The van der Waals surface area contributed by atoms with Crippen molar-refractivity contribution in [3.8, 4) is 0 Å². The van der Waals surface area contributed by atoms with Crippen LogP contribution in [0.4, 0.5) is 0 Å². The van der Waals surface area contributed by atoms with Crippen LogP contribution in [-0.2, 0) is 4.79 Å². The summed E-state index contributed by atoms with van der Waals surface area (Å²) in [5.41, 5.74) is 11.2. The summed E-state index contributed by atoms with van der Waals surface area (Å²) in [7, 11) is 0. The molecule has 6 nitrogen and oxygen atoms in total. The van der Waals surface area contributed by atoms with Gasteiger partial charge in [-0.05, 0) is 33.1 Å². The third kappa shape index (κ3) is 6.78. The molecule has 0 unspecified atom stereocenters. The highest BCUT2D eigenvalue weighted by Crippen LogP contribution is 2.00. The second-order valence-corrected chi connectivity index (χ2v) is 3.85. The van der Waals surface area contributed by atoms with Crippen LogP contribution < -0.4 is 11.5 Å². The number of rotatable bonds is 8. The van der Waals surface area contributed by atoms with E-state index < -0.39 is 12.0 Å². The molecule has 0 aromatic rings. The SMILES string of the molecule is CCN(CC)C(N)=NCCCC[C@H](N)C(=O)O. The number of unbranched alkanes of at least 4 members (excludes halogenated alkanes) is 1. The van der Waals surface area contributed by atoms with Gasteiger partial charge in [-0.25, -0.2) is 0 Å². The number of aliphatic imine (C=N–C) groups is 1. The van der Waals surface area contributed by atoms with Crippen molar-refractivity contribution in [3.63, 3.8) is 0 Å². The molecule has 0 aliphatic heterocycles. The van der Waals surface area contributed by atoms with Gasteiger partial charge in [-0.2, -0.15) is 0 Å².